The molecule has 1 aliphatic rings. The first-order valence-corrected chi connectivity index (χ1v) is 6.59. The number of nitrogens with zero attached hydrogens (tertiary/aromatic N) is 2. The van der Waals surface area contributed by atoms with Crippen LogP contribution in [0.25, 0.3) is 0 Å². The first-order chi connectivity index (χ1) is 8.35. The molecule has 0 aliphatic carbocycles. The Labute approximate surface area is 104 Å². The molecule has 1 atom stereocenters. The van der Waals surface area contributed by atoms with Gasteiger partial charge in [0.25, 0.3) is 0 Å². The fourth-order valence-electron chi connectivity index (χ4n) is 2.56. The molecule has 2 N–H and O–H groups in total. The topological polar surface area (TPSA) is 32.5 Å². The van der Waals surface area contributed by atoms with Crippen LogP contribution in [0.5, 0.6) is 0 Å². The Hall–Kier alpha value is -1.06. The quantitative estimate of drug-likeness (QED) is 0.856. The van der Waals surface area contributed by atoms with E-state index in [0.717, 1.165) is 39.1 Å². The van der Waals surface area contributed by atoms with Crippen molar-refractivity contribution in [1.82, 2.24) is 4.90 Å². The summed E-state index contributed by atoms with van der Waals surface area (Å²) >= 11 is 0. The van der Waals surface area contributed by atoms with Gasteiger partial charge in [0.1, 0.15) is 0 Å². The second-order valence-corrected chi connectivity index (χ2v) is 4.66. The lowest BCUT2D eigenvalue weighted by Gasteiger charge is -2.39. The molecule has 1 aromatic carbocycles. The van der Waals surface area contributed by atoms with Gasteiger partial charge in [-0.25, -0.2) is 0 Å². The Kier molecular flexibility index (Phi) is 4.40. The lowest BCUT2D eigenvalue weighted by molar-refractivity contribution is 0.184. The minimum atomic E-state index is 0.563. The molecular weight excluding hydrogens is 210 g/mol. The molecule has 17 heavy (non-hydrogen) atoms. The molecule has 2 rings (SSSR count). The molecule has 0 saturated carbocycles. The number of rotatable bonds is 4. The van der Waals surface area contributed by atoms with Gasteiger partial charge < -0.3 is 10.6 Å². The molecule has 1 saturated heterocycles. The maximum atomic E-state index is 5.80. The highest BCUT2D eigenvalue weighted by Gasteiger charge is 2.21. The number of hydrogen-bond acceptors (Lipinski definition) is 3. The van der Waals surface area contributed by atoms with Gasteiger partial charge in [0.15, 0.2) is 0 Å². The average molecular weight is 233 g/mol. The number of benzene rings is 1. The molecule has 3 heteroatoms. The molecule has 0 radical (unpaired) electrons. The Bertz CT molecular complexity index is 313. The van der Waals surface area contributed by atoms with Crippen LogP contribution in [0, 0.1) is 0 Å². The summed E-state index contributed by atoms with van der Waals surface area (Å²) in [6, 6.07) is 11.2. The predicted octanol–water partition coefficient (Wildman–Crippen LogP) is 1.55. The monoisotopic (exact) mass is 233 g/mol. The number of nitrogens with two attached hydrogens (primary N) is 1. The van der Waals surface area contributed by atoms with Crippen LogP contribution in [0.15, 0.2) is 30.3 Å². The van der Waals surface area contributed by atoms with E-state index >= 15 is 0 Å². The van der Waals surface area contributed by atoms with Crippen molar-refractivity contribution in [3.05, 3.63) is 30.3 Å². The average Bonchev–Trinajstić information content (AvgIpc) is 2.42. The van der Waals surface area contributed by atoms with Crippen LogP contribution in [-0.2, 0) is 0 Å². The molecule has 0 aromatic heterocycles. The summed E-state index contributed by atoms with van der Waals surface area (Å²) < 4.78 is 0. The maximum absolute atomic E-state index is 5.80. The molecule has 0 spiro atoms. The van der Waals surface area contributed by atoms with Crippen molar-refractivity contribution >= 4 is 5.69 Å². The standard InChI is InChI=1S/C14H23N3/c1-2-13(12-15)16-8-10-17(11-9-16)14-6-4-3-5-7-14/h3-7,13H,2,8-12,15H2,1H3. The third-order valence-corrected chi connectivity index (χ3v) is 3.70. The van der Waals surface area contributed by atoms with Crippen molar-refractivity contribution in [2.75, 3.05) is 37.6 Å². The van der Waals surface area contributed by atoms with Crippen molar-refractivity contribution in [2.45, 2.75) is 19.4 Å². The van der Waals surface area contributed by atoms with Gasteiger partial charge in [0.2, 0.25) is 0 Å². The third-order valence-electron chi connectivity index (χ3n) is 3.70. The minimum absolute atomic E-state index is 0.563. The van der Waals surface area contributed by atoms with Crippen molar-refractivity contribution < 1.29 is 0 Å². The van der Waals surface area contributed by atoms with Crippen molar-refractivity contribution in [1.29, 1.82) is 0 Å². The van der Waals surface area contributed by atoms with Crippen molar-refractivity contribution in [2.24, 2.45) is 5.73 Å². The van der Waals surface area contributed by atoms with Gasteiger partial charge in [-0.3, -0.25) is 4.90 Å². The van der Waals surface area contributed by atoms with E-state index in [1.54, 1.807) is 0 Å². The molecule has 3 nitrogen and oxygen atoms in total. The number of piperazine rings is 1. The van der Waals surface area contributed by atoms with Gasteiger partial charge in [-0.1, -0.05) is 25.1 Å². The zero-order chi connectivity index (χ0) is 12.1. The fraction of sp³-hybridized carbons (Fsp3) is 0.571. The third kappa shape index (κ3) is 2.99. The lowest BCUT2D eigenvalue weighted by atomic mass is 10.1. The first kappa shape index (κ1) is 12.4. The van der Waals surface area contributed by atoms with Crippen LogP contribution < -0.4 is 10.6 Å². The van der Waals surface area contributed by atoms with Crippen LogP contribution in [0.2, 0.25) is 0 Å². The van der Waals surface area contributed by atoms with Gasteiger partial charge in [-0.2, -0.15) is 0 Å². The Morgan fingerprint density at radius 2 is 1.76 bits per heavy atom. The summed E-state index contributed by atoms with van der Waals surface area (Å²) in [7, 11) is 0. The second kappa shape index (κ2) is 6.03. The van der Waals surface area contributed by atoms with E-state index in [1.165, 1.54) is 5.69 Å². The molecule has 0 bridgehead atoms. The molecular formula is C14H23N3. The highest BCUT2D eigenvalue weighted by atomic mass is 15.3. The van der Waals surface area contributed by atoms with E-state index in [-0.39, 0.29) is 0 Å². The van der Waals surface area contributed by atoms with Gasteiger partial charge in [0.05, 0.1) is 0 Å². The van der Waals surface area contributed by atoms with Crippen LogP contribution in [0.4, 0.5) is 5.69 Å². The lowest BCUT2D eigenvalue weighted by Crippen LogP contribution is -2.52. The van der Waals surface area contributed by atoms with Gasteiger partial charge in [-0.05, 0) is 18.6 Å². The van der Waals surface area contributed by atoms with E-state index in [0.29, 0.717) is 6.04 Å². The first-order valence-electron chi connectivity index (χ1n) is 6.59. The van der Waals surface area contributed by atoms with Crippen LogP contribution in [0.3, 0.4) is 0 Å². The van der Waals surface area contributed by atoms with Crippen molar-refractivity contribution in [3.8, 4) is 0 Å². The zero-order valence-electron chi connectivity index (χ0n) is 10.7. The normalized spacial score (nSPS) is 19.3. The highest BCUT2D eigenvalue weighted by molar-refractivity contribution is 5.46. The van der Waals surface area contributed by atoms with E-state index < -0.39 is 0 Å². The molecule has 94 valence electrons. The summed E-state index contributed by atoms with van der Waals surface area (Å²) in [5.74, 6) is 0. The molecule has 1 fully saturated rings. The van der Waals surface area contributed by atoms with Gasteiger partial charge in [-0.15, -0.1) is 0 Å². The Morgan fingerprint density at radius 1 is 1.12 bits per heavy atom. The molecule has 1 aromatic rings. The van der Waals surface area contributed by atoms with Crippen LogP contribution in [0.1, 0.15) is 13.3 Å². The molecule has 1 heterocycles. The van der Waals surface area contributed by atoms with Crippen LogP contribution >= 0.6 is 0 Å². The minimum Gasteiger partial charge on any atom is -0.369 e. The SMILES string of the molecule is CCC(CN)N1CCN(c2ccccc2)CC1. The fourth-order valence-corrected chi connectivity index (χ4v) is 2.56. The van der Waals surface area contributed by atoms with Crippen molar-refractivity contribution in [3.63, 3.8) is 0 Å². The summed E-state index contributed by atoms with van der Waals surface area (Å²) in [5.41, 5.74) is 7.15. The molecule has 1 aliphatic heterocycles. The molecule has 1 unspecified atom stereocenters. The van der Waals surface area contributed by atoms with E-state index in [2.05, 4.69) is 47.1 Å². The van der Waals surface area contributed by atoms with Gasteiger partial charge in [0, 0.05) is 44.5 Å². The van der Waals surface area contributed by atoms with E-state index in [9.17, 15) is 0 Å². The smallest absolute Gasteiger partial charge is 0.0367 e. The number of hydrogen-bond donors (Lipinski definition) is 1. The zero-order valence-corrected chi connectivity index (χ0v) is 10.7. The number of para-hydroxylation sites is 1. The summed E-state index contributed by atoms with van der Waals surface area (Å²) in [5, 5.41) is 0. The summed E-state index contributed by atoms with van der Waals surface area (Å²) in [6.07, 6.45) is 1.15. The predicted molar refractivity (Wildman–Crippen MR) is 73.4 cm³/mol. The van der Waals surface area contributed by atoms with E-state index in [4.69, 9.17) is 5.73 Å². The second-order valence-electron chi connectivity index (χ2n) is 4.66. The Morgan fingerprint density at radius 3 is 2.29 bits per heavy atom. The Balaban J connectivity index is 1.90. The van der Waals surface area contributed by atoms with Gasteiger partial charge >= 0.3 is 0 Å². The van der Waals surface area contributed by atoms with E-state index in [1.807, 2.05) is 0 Å². The van der Waals surface area contributed by atoms with Crippen LogP contribution in [-0.4, -0.2) is 43.7 Å². The maximum Gasteiger partial charge on any atom is 0.0367 e. The summed E-state index contributed by atoms with van der Waals surface area (Å²) in [6.45, 7) is 7.49. The largest absolute Gasteiger partial charge is 0.369 e. The summed E-state index contributed by atoms with van der Waals surface area (Å²) in [4.78, 5) is 4.99. The molecule has 0 amide bonds. The number of anilines is 1. The highest BCUT2D eigenvalue weighted by Crippen LogP contribution is 2.16.